The third-order valence-corrected chi connectivity index (χ3v) is 5.70. The summed E-state index contributed by atoms with van der Waals surface area (Å²) in [6.07, 6.45) is 1.55. The molecule has 0 saturated carbocycles. The van der Waals surface area contributed by atoms with Crippen LogP contribution in [-0.2, 0) is 9.59 Å². The monoisotopic (exact) mass is 427 g/mol. The number of nitrogens with one attached hydrogen (secondary N) is 1. The molecule has 25 heavy (non-hydrogen) atoms. The van der Waals surface area contributed by atoms with E-state index in [0.717, 1.165) is 49.3 Å². The number of likely N-dealkylation sites (N-methyl/N-ethyl adjacent to an activating group) is 1. The smallest absolute Gasteiger partial charge is 0.234 e. The van der Waals surface area contributed by atoms with E-state index in [1.165, 1.54) is 11.8 Å². The van der Waals surface area contributed by atoms with Gasteiger partial charge in [0.1, 0.15) is 0 Å². The third-order valence-electron chi connectivity index (χ3n) is 4.21. The molecule has 1 saturated heterocycles. The van der Waals surface area contributed by atoms with E-state index in [2.05, 4.69) is 33.1 Å². The number of hydrogen-bond donors (Lipinski definition) is 1. The highest BCUT2D eigenvalue weighted by molar-refractivity contribution is 9.10. The lowest BCUT2D eigenvalue weighted by Crippen LogP contribution is -2.35. The fraction of sp³-hybridized carbons (Fsp3) is 0.556. The molecule has 0 atom stereocenters. The van der Waals surface area contributed by atoms with E-state index in [0.29, 0.717) is 17.9 Å². The lowest BCUT2D eigenvalue weighted by Gasteiger charge is -2.21. The average Bonchev–Trinajstić information content (AvgIpc) is 2.86. The van der Waals surface area contributed by atoms with Gasteiger partial charge in [-0.2, -0.15) is 11.8 Å². The van der Waals surface area contributed by atoms with Gasteiger partial charge in [-0.3, -0.25) is 9.59 Å². The molecule has 0 aliphatic carbocycles. The van der Waals surface area contributed by atoms with Gasteiger partial charge >= 0.3 is 0 Å². The molecule has 2 rings (SSSR count). The minimum absolute atomic E-state index is 0.0341. The molecule has 2 amide bonds. The van der Waals surface area contributed by atoms with Crippen molar-refractivity contribution in [2.24, 2.45) is 0 Å². The second kappa shape index (κ2) is 10.8. The summed E-state index contributed by atoms with van der Waals surface area (Å²) in [5.74, 6) is 1.22. The molecule has 1 aliphatic rings. The highest BCUT2D eigenvalue weighted by Gasteiger charge is 2.18. The average molecular weight is 428 g/mol. The Labute approximate surface area is 162 Å². The second-order valence-electron chi connectivity index (χ2n) is 6.03. The van der Waals surface area contributed by atoms with Crippen molar-refractivity contribution in [2.75, 3.05) is 49.5 Å². The van der Waals surface area contributed by atoms with E-state index in [1.54, 1.807) is 0 Å². The zero-order chi connectivity index (χ0) is 18.1. The first-order valence-corrected chi connectivity index (χ1v) is 10.7. The normalized spacial score (nSPS) is 15.7. The van der Waals surface area contributed by atoms with Gasteiger partial charge in [-0.05, 0) is 43.8 Å². The van der Waals surface area contributed by atoms with Gasteiger partial charge in [-0.15, -0.1) is 0 Å². The summed E-state index contributed by atoms with van der Waals surface area (Å²) in [6.45, 7) is 6.92. The van der Waals surface area contributed by atoms with Crippen LogP contribution in [0.4, 0.5) is 5.69 Å². The fourth-order valence-corrected chi connectivity index (χ4v) is 3.73. The summed E-state index contributed by atoms with van der Waals surface area (Å²) in [5, 5.41) is 2.86. The number of halogens is 1. The zero-order valence-electron chi connectivity index (χ0n) is 14.7. The van der Waals surface area contributed by atoms with Crippen LogP contribution in [0.25, 0.3) is 0 Å². The number of benzene rings is 1. The van der Waals surface area contributed by atoms with E-state index in [4.69, 9.17) is 0 Å². The molecule has 1 aromatic rings. The fourth-order valence-electron chi connectivity index (χ4n) is 2.75. The number of anilines is 1. The Morgan fingerprint density at radius 3 is 2.64 bits per heavy atom. The molecule has 5 nitrogen and oxygen atoms in total. The quantitative estimate of drug-likeness (QED) is 0.679. The van der Waals surface area contributed by atoms with Crippen LogP contribution in [0.5, 0.6) is 0 Å². The number of carbonyl (C=O) groups is 2. The molecule has 138 valence electrons. The van der Waals surface area contributed by atoms with E-state index in [1.807, 2.05) is 29.2 Å². The van der Waals surface area contributed by atoms with E-state index >= 15 is 0 Å². The van der Waals surface area contributed by atoms with E-state index < -0.39 is 0 Å². The van der Waals surface area contributed by atoms with Crippen molar-refractivity contribution in [2.45, 2.75) is 19.8 Å². The predicted octanol–water partition coefficient (Wildman–Crippen LogP) is 3.07. The van der Waals surface area contributed by atoms with Gasteiger partial charge in [-0.25, -0.2) is 0 Å². The summed E-state index contributed by atoms with van der Waals surface area (Å²) in [5.41, 5.74) is 0.787. The number of amides is 2. The number of rotatable bonds is 7. The van der Waals surface area contributed by atoms with Gasteiger partial charge in [0.2, 0.25) is 11.8 Å². The van der Waals surface area contributed by atoms with Crippen molar-refractivity contribution >= 4 is 45.2 Å². The van der Waals surface area contributed by atoms with Crippen LogP contribution < -0.4 is 5.32 Å². The molecular formula is C18H26BrN3O2S. The Bertz CT molecular complexity index is 568. The maximum atomic E-state index is 12.3. The molecule has 7 heteroatoms. The third kappa shape index (κ3) is 7.38. The lowest BCUT2D eigenvalue weighted by atomic mass is 10.3. The van der Waals surface area contributed by atoms with Crippen molar-refractivity contribution < 1.29 is 9.59 Å². The minimum atomic E-state index is -0.0341. The molecular weight excluding hydrogens is 402 g/mol. The Kier molecular flexibility index (Phi) is 8.78. The van der Waals surface area contributed by atoms with Gasteiger partial charge in [0.25, 0.3) is 0 Å². The molecule has 1 aromatic carbocycles. The predicted molar refractivity (Wildman–Crippen MR) is 108 cm³/mol. The van der Waals surface area contributed by atoms with Crippen LogP contribution in [0, 0.1) is 0 Å². The molecule has 1 aliphatic heterocycles. The van der Waals surface area contributed by atoms with Crippen molar-refractivity contribution in [3.05, 3.63) is 28.7 Å². The lowest BCUT2D eigenvalue weighted by molar-refractivity contribution is -0.130. The summed E-state index contributed by atoms with van der Waals surface area (Å²) >= 11 is 4.87. The Morgan fingerprint density at radius 2 is 1.92 bits per heavy atom. The van der Waals surface area contributed by atoms with Crippen molar-refractivity contribution in [1.82, 2.24) is 9.80 Å². The van der Waals surface area contributed by atoms with Crippen molar-refractivity contribution in [3.8, 4) is 0 Å². The minimum Gasteiger partial charge on any atom is -0.341 e. The van der Waals surface area contributed by atoms with Gasteiger partial charge in [0, 0.05) is 42.0 Å². The summed E-state index contributed by atoms with van der Waals surface area (Å²) in [4.78, 5) is 28.6. The molecule has 0 spiro atoms. The summed E-state index contributed by atoms with van der Waals surface area (Å²) < 4.78 is 0.981. The topological polar surface area (TPSA) is 52.7 Å². The highest BCUT2D eigenvalue weighted by Crippen LogP contribution is 2.15. The molecule has 1 heterocycles. The molecule has 0 unspecified atom stereocenters. The van der Waals surface area contributed by atoms with Gasteiger partial charge in [-0.1, -0.05) is 22.9 Å². The first-order valence-electron chi connectivity index (χ1n) is 8.71. The number of hydrogen-bond acceptors (Lipinski definition) is 4. The van der Waals surface area contributed by atoms with E-state index in [-0.39, 0.29) is 11.8 Å². The van der Waals surface area contributed by atoms with Gasteiger partial charge < -0.3 is 15.1 Å². The number of carbonyl (C=O) groups excluding carboxylic acids is 2. The largest absolute Gasteiger partial charge is 0.341 e. The standard InChI is InChI=1S/C18H26BrN3O2S/c1-2-21-9-3-10-22(12-11-21)18(24)8-13-25-14-17(23)20-16-6-4-15(19)5-7-16/h4-7H,2-3,8-14H2,1H3,(H,20,23). The molecule has 0 aromatic heterocycles. The van der Waals surface area contributed by atoms with Crippen LogP contribution >= 0.6 is 27.7 Å². The summed E-state index contributed by atoms with van der Waals surface area (Å²) in [6, 6.07) is 7.49. The second-order valence-corrected chi connectivity index (χ2v) is 8.05. The number of thioether (sulfide) groups is 1. The SMILES string of the molecule is CCN1CCCN(C(=O)CCSCC(=O)Nc2ccc(Br)cc2)CC1. The van der Waals surface area contributed by atoms with Crippen LogP contribution in [0.15, 0.2) is 28.7 Å². The maximum Gasteiger partial charge on any atom is 0.234 e. The van der Waals surface area contributed by atoms with Crippen LogP contribution in [0.3, 0.4) is 0 Å². The molecule has 1 N–H and O–H groups in total. The molecule has 0 bridgehead atoms. The summed E-state index contributed by atoms with van der Waals surface area (Å²) in [7, 11) is 0. The van der Waals surface area contributed by atoms with Crippen LogP contribution in [0.1, 0.15) is 19.8 Å². The van der Waals surface area contributed by atoms with Crippen LogP contribution in [0.2, 0.25) is 0 Å². The highest BCUT2D eigenvalue weighted by atomic mass is 79.9. The van der Waals surface area contributed by atoms with Crippen molar-refractivity contribution in [1.29, 1.82) is 0 Å². The van der Waals surface area contributed by atoms with Crippen LogP contribution in [-0.4, -0.2) is 65.8 Å². The maximum absolute atomic E-state index is 12.3. The molecule has 1 fully saturated rings. The Balaban J connectivity index is 1.62. The Hall–Kier alpha value is -1.05. The number of nitrogens with zero attached hydrogens (tertiary/aromatic N) is 2. The first-order chi connectivity index (χ1) is 12.1. The van der Waals surface area contributed by atoms with Gasteiger partial charge in [0.05, 0.1) is 5.75 Å². The van der Waals surface area contributed by atoms with E-state index in [9.17, 15) is 9.59 Å². The van der Waals surface area contributed by atoms with Gasteiger partial charge in [0.15, 0.2) is 0 Å². The zero-order valence-corrected chi connectivity index (χ0v) is 17.1. The molecule has 0 radical (unpaired) electrons. The van der Waals surface area contributed by atoms with Crippen molar-refractivity contribution in [3.63, 3.8) is 0 Å². The Morgan fingerprint density at radius 1 is 1.16 bits per heavy atom. The first kappa shape index (κ1) is 20.3.